The average Bonchev–Trinajstić information content (AvgIpc) is 2.90. The average molecular weight is 291 g/mol. The summed E-state index contributed by atoms with van der Waals surface area (Å²) in [6.07, 6.45) is 3.23. The quantitative estimate of drug-likeness (QED) is 0.825. The molecule has 0 spiro atoms. The molecule has 1 aromatic heterocycles. The highest BCUT2D eigenvalue weighted by Gasteiger charge is 2.45. The van der Waals surface area contributed by atoms with Crippen LogP contribution in [0.3, 0.4) is 0 Å². The third kappa shape index (κ3) is 2.16. The van der Waals surface area contributed by atoms with Gasteiger partial charge in [0, 0.05) is 43.9 Å². The number of aromatic nitrogens is 1. The summed E-state index contributed by atoms with van der Waals surface area (Å²) in [5.74, 6) is 0.457. The highest BCUT2D eigenvalue weighted by Crippen LogP contribution is 2.36. The van der Waals surface area contributed by atoms with E-state index >= 15 is 0 Å². The second kappa shape index (κ2) is 4.47. The van der Waals surface area contributed by atoms with Crippen LogP contribution in [0.15, 0.2) is 15.5 Å². The van der Waals surface area contributed by atoms with Crippen molar-refractivity contribution >= 4 is 11.8 Å². The van der Waals surface area contributed by atoms with Crippen molar-refractivity contribution in [3.05, 3.63) is 22.5 Å². The van der Waals surface area contributed by atoms with Gasteiger partial charge in [-0.25, -0.2) is 4.79 Å². The molecule has 0 radical (unpaired) electrons. The minimum Gasteiger partial charge on any atom is -0.416 e. The maximum Gasteiger partial charge on any atom is 0.416 e. The predicted octanol–water partition coefficient (Wildman–Crippen LogP) is -0.0917. The van der Waals surface area contributed by atoms with Crippen LogP contribution in [0, 0.1) is 17.8 Å². The lowest BCUT2D eigenvalue weighted by atomic mass is 10.0. The smallest absolute Gasteiger partial charge is 0.416 e. The summed E-state index contributed by atoms with van der Waals surface area (Å²) in [7, 11) is 0. The molecule has 1 N–H and O–H groups in total. The molecule has 0 unspecified atom stereocenters. The minimum absolute atomic E-state index is 0.199. The molecule has 2 aliphatic heterocycles. The Hall–Kier alpha value is -2.05. The summed E-state index contributed by atoms with van der Waals surface area (Å²) in [6.45, 7) is 2.80. The second-order valence-corrected chi connectivity index (χ2v) is 6.31. The van der Waals surface area contributed by atoms with Crippen molar-refractivity contribution in [3.63, 3.8) is 0 Å². The van der Waals surface area contributed by atoms with Crippen molar-refractivity contribution in [3.8, 4) is 0 Å². The number of nitrogens with zero attached hydrogens (tertiary/aromatic N) is 2. The van der Waals surface area contributed by atoms with E-state index in [0.29, 0.717) is 30.8 Å². The Morgan fingerprint density at radius 3 is 2.24 bits per heavy atom. The fourth-order valence-electron chi connectivity index (χ4n) is 3.48. The fourth-order valence-corrected chi connectivity index (χ4v) is 3.48. The number of hydrogen-bond donors (Lipinski definition) is 1. The molecule has 21 heavy (non-hydrogen) atoms. The van der Waals surface area contributed by atoms with Crippen molar-refractivity contribution in [2.45, 2.75) is 12.8 Å². The molecule has 112 valence electrons. The van der Waals surface area contributed by atoms with Gasteiger partial charge in [0.1, 0.15) is 12.0 Å². The number of H-pyrrole nitrogens is 1. The van der Waals surface area contributed by atoms with E-state index in [0.717, 1.165) is 25.9 Å². The van der Waals surface area contributed by atoms with Gasteiger partial charge in [-0.3, -0.25) is 14.6 Å². The number of oxazole rings is 1. The molecule has 3 heterocycles. The molecule has 3 fully saturated rings. The third-order valence-electron chi connectivity index (χ3n) is 4.76. The first-order valence-corrected chi connectivity index (χ1v) is 7.37. The normalized spacial score (nSPS) is 28.0. The van der Waals surface area contributed by atoms with Crippen molar-refractivity contribution in [2.75, 3.05) is 26.2 Å². The van der Waals surface area contributed by atoms with Gasteiger partial charge in [-0.2, -0.15) is 0 Å². The van der Waals surface area contributed by atoms with Gasteiger partial charge in [0.2, 0.25) is 5.91 Å². The first-order chi connectivity index (χ1) is 10.1. The highest BCUT2D eigenvalue weighted by molar-refractivity contribution is 5.92. The van der Waals surface area contributed by atoms with Crippen molar-refractivity contribution in [1.29, 1.82) is 0 Å². The van der Waals surface area contributed by atoms with Gasteiger partial charge in [0.25, 0.3) is 5.91 Å². The molecule has 2 saturated heterocycles. The van der Waals surface area contributed by atoms with E-state index in [1.54, 1.807) is 4.90 Å². The first kappa shape index (κ1) is 12.7. The Labute approximate surface area is 120 Å². The van der Waals surface area contributed by atoms with Crippen molar-refractivity contribution < 1.29 is 14.0 Å². The van der Waals surface area contributed by atoms with Crippen molar-refractivity contribution in [1.82, 2.24) is 14.8 Å². The van der Waals surface area contributed by atoms with Crippen LogP contribution in [0.25, 0.3) is 0 Å². The molecule has 0 bridgehead atoms. The standard InChI is InChI=1S/C14H17N3O4/c18-12(8-1-2-8)16-3-9-5-17(6-10(9)4-16)13(19)11-7-21-14(20)15-11/h7-10H,1-6H2,(H,15,20)/t9-,10+. The maximum absolute atomic E-state index is 12.2. The van der Waals surface area contributed by atoms with E-state index in [2.05, 4.69) is 9.40 Å². The number of likely N-dealkylation sites (tertiary alicyclic amines) is 2. The van der Waals surface area contributed by atoms with E-state index in [1.165, 1.54) is 6.26 Å². The van der Waals surface area contributed by atoms with Gasteiger partial charge in [0.15, 0.2) is 0 Å². The summed E-state index contributed by atoms with van der Waals surface area (Å²) in [5, 5.41) is 0. The van der Waals surface area contributed by atoms with Gasteiger partial charge in [-0.05, 0) is 12.8 Å². The molecular formula is C14H17N3O4. The lowest BCUT2D eigenvalue weighted by molar-refractivity contribution is -0.131. The molecule has 3 aliphatic rings. The summed E-state index contributed by atoms with van der Waals surface area (Å²) in [4.78, 5) is 41.4. The zero-order valence-electron chi connectivity index (χ0n) is 11.6. The lowest BCUT2D eigenvalue weighted by Gasteiger charge is -2.21. The van der Waals surface area contributed by atoms with Crippen LogP contribution in [0.2, 0.25) is 0 Å². The lowest BCUT2D eigenvalue weighted by Crippen LogP contribution is -2.36. The predicted molar refractivity (Wildman–Crippen MR) is 71.5 cm³/mol. The molecule has 1 saturated carbocycles. The van der Waals surface area contributed by atoms with Gasteiger partial charge < -0.3 is 14.2 Å². The number of carbonyl (C=O) groups excluding carboxylic acids is 2. The Balaban J connectivity index is 1.40. The zero-order valence-corrected chi connectivity index (χ0v) is 11.6. The fraction of sp³-hybridized carbons (Fsp3) is 0.643. The molecule has 2 atom stereocenters. The number of aromatic amines is 1. The summed E-state index contributed by atoms with van der Waals surface area (Å²) >= 11 is 0. The molecule has 2 amide bonds. The Morgan fingerprint density at radius 1 is 1.10 bits per heavy atom. The van der Waals surface area contributed by atoms with Crippen LogP contribution in [0.4, 0.5) is 0 Å². The summed E-state index contributed by atoms with van der Waals surface area (Å²) in [5.41, 5.74) is 0.200. The maximum atomic E-state index is 12.2. The molecular weight excluding hydrogens is 274 g/mol. The van der Waals surface area contributed by atoms with Gasteiger partial charge in [-0.1, -0.05) is 0 Å². The second-order valence-electron chi connectivity index (χ2n) is 6.31. The topological polar surface area (TPSA) is 86.6 Å². The van der Waals surface area contributed by atoms with Gasteiger partial charge in [-0.15, -0.1) is 0 Å². The molecule has 1 aromatic rings. The number of fused-ring (bicyclic) bond motifs is 1. The first-order valence-electron chi connectivity index (χ1n) is 7.37. The van der Waals surface area contributed by atoms with Crippen LogP contribution in [-0.2, 0) is 4.79 Å². The van der Waals surface area contributed by atoms with Crippen LogP contribution < -0.4 is 5.76 Å². The molecule has 7 nitrogen and oxygen atoms in total. The number of amides is 2. The van der Waals surface area contributed by atoms with E-state index in [1.807, 2.05) is 4.90 Å². The Kier molecular flexibility index (Phi) is 2.70. The number of nitrogens with one attached hydrogen (secondary N) is 1. The summed E-state index contributed by atoms with van der Waals surface area (Å²) in [6, 6.07) is 0. The van der Waals surface area contributed by atoms with Crippen LogP contribution in [-0.4, -0.2) is 52.8 Å². The summed E-state index contributed by atoms with van der Waals surface area (Å²) < 4.78 is 4.61. The molecule has 4 rings (SSSR count). The number of rotatable bonds is 2. The Morgan fingerprint density at radius 2 is 1.71 bits per heavy atom. The zero-order chi connectivity index (χ0) is 14.6. The monoisotopic (exact) mass is 291 g/mol. The third-order valence-corrected chi connectivity index (χ3v) is 4.76. The van der Waals surface area contributed by atoms with Gasteiger partial charge >= 0.3 is 5.76 Å². The Bertz CT molecular complexity index is 631. The van der Waals surface area contributed by atoms with Gasteiger partial charge in [0.05, 0.1) is 0 Å². The van der Waals surface area contributed by atoms with Crippen LogP contribution in [0.5, 0.6) is 0 Å². The molecule has 1 aliphatic carbocycles. The molecule has 0 aromatic carbocycles. The van der Waals surface area contributed by atoms with E-state index in [4.69, 9.17) is 0 Å². The van der Waals surface area contributed by atoms with Crippen molar-refractivity contribution in [2.24, 2.45) is 17.8 Å². The number of carbonyl (C=O) groups is 2. The highest BCUT2D eigenvalue weighted by atomic mass is 16.4. The van der Waals surface area contributed by atoms with E-state index in [9.17, 15) is 14.4 Å². The largest absolute Gasteiger partial charge is 0.416 e. The molecule has 7 heteroatoms. The van der Waals surface area contributed by atoms with E-state index < -0.39 is 5.76 Å². The minimum atomic E-state index is -0.612. The van der Waals surface area contributed by atoms with E-state index in [-0.39, 0.29) is 17.5 Å². The van der Waals surface area contributed by atoms with Crippen LogP contribution >= 0.6 is 0 Å². The van der Waals surface area contributed by atoms with Crippen LogP contribution in [0.1, 0.15) is 23.3 Å². The number of hydrogen-bond acceptors (Lipinski definition) is 4. The SMILES string of the molecule is O=C(c1coc(=O)[nH]1)N1C[C@@H]2CN(C(=O)C3CC3)C[C@@H]2C1.